The minimum Gasteiger partial charge on any atom is -0.395 e. The summed E-state index contributed by atoms with van der Waals surface area (Å²) >= 11 is 0.325. The SMILES string of the molecule is O=C(CNc1ccc2c(c1)OC(F)(F)O2)Nc1ccccc1SC(F)F. The lowest BCUT2D eigenvalue weighted by Crippen LogP contribution is -2.25. The Morgan fingerprint density at radius 1 is 1.12 bits per heavy atom. The van der Waals surface area contributed by atoms with Crippen molar-refractivity contribution in [2.75, 3.05) is 17.2 Å². The highest BCUT2D eigenvalue weighted by atomic mass is 32.2. The number of rotatable bonds is 6. The van der Waals surface area contributed by atoms with Crippen LogP contribution in [0.3, 0.4) is 0 Å². The fraction of sp³-hybridized carbons (Fsp3) is 0.188. The Morgan fingerprint density at radius 2 is 1.85 bits per heavy atom. The number of alkyl halides is 4. The maximum Gasteiger partial charge on any atom is 0.586 e. The molecule has 0 aliphatic carbocycles. The van der Waals surface area contributed by atoms with E-state index in [1.54, 1.807) is 12.1 Å². The highest BCUT2D eigenvalue weighted by molar-refractivity contribution is 7.99. The second kappa shape index (κ2) is 7.32. The molecule has 0 bridgehead atoms. The van der Waals surface area contributed by atoms with Gasteiger partial charge in [-0.2, -0.15) is 8.78 Å². The van der Waals surface area contributed by atoms with Crippen molar-refractivity contribution in [3.8, 4) is 11.5 Å². The van der Waals surface area contributed by atoms with Gasteiger partial charge >= 0.3 is 6.29 Å². The molecule has 0 saturated carbocycles. The van der Waals surface area contributed by atoms with Crippen molar-refractivity contribution < 1.29 is 31.8 Å². The number of anilines is 2. The van der Waals surface area contributed by atoms with Crippen LogP contribution in [-0.4, -0.2) is 24.5 Å². The molecule has 1 amide bonds. The van der Waals surface area contributed by atoms with E-state index in [4.69, 9.17) is 0 Å². The number of hydrogen-bond acceptors (Lipinski definition) is 5. The Morgan fingerprint density at radius 3 is 2.62 bits per heavy atom. The molecule has 0 spiro atoms. The van der Waals surface area contributed by atoms with Gasteiger partial charge in [0.05, 0.1) is 12.2 Å². The van der Waals surface area contributed by atoms with E-state index in [9.17, 15) is 22.4 Å². The minimum absolute atomic E-state index is 0.108. The fourth-order valence-corrected chi connectivity index (χ4v) is 2.80. The maximum absolute atomic E-state index is 13.0. The molecule has 2 N–H and O–H groups in total. The first-order chi connectivity index (χ1) is 12.3. The number of para-hydroxylation sites is 1. The van der Waals surface area contributed by atoms with Crippen LogP contribution in [0.25, 0.3) is 0 Å². The number of benzene rings is 2. The molecule has 1 aliphatic heterocycles. The van der Waals surface area contributed by atoms with Gasteiger partial charge in [-0.3, -0.25) is 4.79 Å². The largest absolute Gasteiger partial charge is 0.586 e. The third-order valence-electron chi connectivity index (χ3n) is 3.23. The van der Waals surface area contributed by atoms with E-state index in [-0.39, 0.29) is 28.6 Å². The Labute approximate surface area is 149 Å². The zero-order valence-corrected chi connectivity index (χ0v) is 13.8. The van der Waals surface area contributed by atoms with Crippen LogP contribution in [0.2, 0.25) is 0 Å². The average molecular weight is 388 g/mol. The van der Waals surface area contributed by atoms with Gasteiger partial charge in [0.25, 0.3) is 5.76 Å². The van der Waals surface area contributed by atoms with E-state index in [0.717, 1.165) is 0 Å². The molecule has 0 unspecified atom stereocenters. The van der Waals surface area contributed by atoms with Crippen molar-refractivity contribution in [1.29, 1.82) is 0 Å². The number of nitrogens with one attached hydrogen (secondary N) is 2. The predicted molar refractivity (Wildman–Crippen MR) is 88.1 cm³/mol. The summed E-state index contributed by atoms with van der Waals surface area (Å²) in [7, 11) is 0. The van der Waals surface area contributed by atoms with Crippen molar-refractivity contribution in [3.63, 3.8) is 0 Å². The molecule has 138 valence electrons. The smallest absolute Gasteiger partial charge is 0.395 e. The van der Waals surface area contributed by atoms with Gasteiger partial charge in [-0.1, -0.05) is 23.9 Å². The highest BCUT2D eigenvalue weighted by Gasteiger charge is 2.43. The second-order valence-electron chi connectivity index (χ2n) is 5.11. The van der Waals surface area contributed by atoms with Crippen molar-refractivity contribution in [3.05, 3.63) is 42.5 Å². The molecule has 0 radical (unpaired) electrons. The van der Waals surface area contributed by atoms with Crippen LogP contribution in [0.1, 0.15) is 0 Å². The standard InChI is InChI=1S/C16H12F4N2O3S/c17-15(18)26-13-4-2-1-3-10(13)22-14(23)8-21-9-5-6-11-12(7-9)25-16(19,20)24-11/h1-7,15,21H,8H2,(H,22,23). The van der Waals surface area contributed by atoms with Crippen molar-refractivity contribution in [2.24, 2.45) is 0 Å². The Hall–Kier alpha value is -2.62. The fourth-order valence-electron chi connectivity index (χ4n) is 2.20. The number of ether oxygens (including phenoxy) is 2. The molecule has 0 fully saturated rings. The number of hydrogen-bond donors (Lipinski definition) is 2. The van der Waals surface area contributed by atoms with Crippen LogP contribution in [0.5, 0.6) is 11.5 Å². The molecule has 1 heterocycles. The summed E-state index contributed by atoms with van der Waals surface area (Å²) in [5.74, 6) is -3.37. The molecule has 10 heteroatoms. The van der Waals surface area contributed by atoms with E-state index in [1.165, 1.54) is 30.3 Å². The molecule has 1 aliphatic rings. The maximum atomic E-state index is 13.0. The molecule has 2 aromatic carbocycles. The number of thioether (sulfide) groups is 1. The molecule has 5 nitrogen and oxygen atoms in total. The molecular formula is C16H12F4N2O3S. The summed E-state index contributed by atoms with van der Waals surface area (Å²) in [5, 5.41) is 5.25. The van der Waals surface area contributed by atoms with Gasteiger partial charge in [-0.15, -0.1) is 8.78 Å². The Balaban J connectivity index is 1.59. The zero-order chi connectivity index (χ0) is 18.7. The van der Waals surface area contributed by atoms with E-state index in [1.807, 2.05) is 0 Å². The van der Waals surface area contributed by atoms with Gasteiger partial charge in [0.15, 0.2) is 11.5 Å². The number of carbonyl (C=O) groups is 1. The van der Waals surface area contributed by atoms with Crippen LogP contribution in [0, 0.1) is 0 Å². The van der Waals surface area contributed by atoms with E-state index in [2.05, 4.69) is 20.1 Å². The number of carbonyl (C=O) groups excluding carboxylic acids is 1. The second-order valence-corrected chi connectivity index (χ2v) is 6.14. The van der Waals surface area contributed by atoms with E-state index in [0.29, 0.717) is 17.4 Å². The third kappa shape index (κ3) is 4.51. The summed E-state index contributed by atoms with van der Waals surface area (Å²) < 4.78 is 59.6. The predicted octanol–water partition coefficient (Wildman–Crippen LogP) is 4.37. The molecule has 0 aromatic heterocycles. The molecule has 0 saturated heterocycles. The van der Waals surface area contributed by atoms with Gasteiger partial charge in [0, 0.05) is 16.6 Å². The third-order valence-corrected chi connectivity index (χ3v) is 4.02. The monoisotopic (exact) mass is 388 g/mol. The van der Waals surface area contributed by atoms with Gasteiger partial charge in [0.2, 0.25) is 5.91 Å². The lowest BCUT2D eigenvalue weighted by Gasteiger charge is -2.11. The van der Waals surface area contributed by atoms with Crippen molar-refractivity contribution >= 4 is 29.0 Å². The molecule has 26 heavy (non-hydrogen) atoms. The van der Waals surface area contributed by atoms with Crippen LogP contribution in [0.4, 0.5) is 28.9 Å². The molecule has 3 rings (SSSR count). The van der Waals surface area contributed by atoms with Crippen LogP contribution >= 0.6 is 11.8 Å². The summed E-state index contributed by atoms with van der Waals surface area (Å²) in [6, 6.07) is 10.2. The summed E-state index contributed by atoms with van der Waals surface area (Å²) in [4.78, 5) is 12.3. The lowest BCUT2D eigenvalue weighted by atomic mass is 10.2. The number of halogens is 4. The minimum atomic E-state index is -3.72. The lowest BCUT2D eigenvalue weighted by molar-refractivity contribution is -0.286. The number of fused-ring (bicyclic) bond motifs is 1. The van der Waals surface area contributed by atoms with Gasteiger partial charge in [-0.05, 0) is 24.3 Å². The van der Waals surface area contributed by atoms with Gasteiger partial charge < -0.3 is 20.1 Å². The molecular weight excluding hydrogens is 376 g/mol. The van der Waals surface area contributed by atoms with Crippen molar-refractivity contribution in [2.45, 2.75) is 16.9 Å². The summed E-state index contributed by atoms with van der Waals surface area (Å²) in [6.07, 6.45) is -3.72. The molecule has 0 atom stereocenters. The average Bonchev–Trinajstić information content (AvgIpc) is 2.87. The van der Waals surface area contributed by atoms with Crippen LogP contribution < -0.4 is 20.1 Å². The highest BCUT2D eigenvalue weighted by Crippen LogP contribution is 2.42. The Kier molecular flexibility index (Phi) is 5.12. The normalized spacial score (nSPS) is 14.3. The quantitative estimate of drug-likeness (QED) is 0.568. The van der Waals surface area contributed by atoms with E-state index < -0.39 is 18.0 Å². The number of amides is 1. The first-order valence-corrected chi connectivity index (χ1v) is 8.18. The van der Waals surface area contributed by atoms with E-state index >= 15 is 0 Å². The van der Waals surface area contributed by atoms with Crippen LogP contribution in [-0.2, 0) is 4.79 Å². The summed E-state index contributed by atoms with van der Waals surface area (Å²) in [5.41, 5.74) is 0.616. The van der Waals surface area contributed by atoms with Gasteiger partial charge in [-0.25, -0.2) is 0 Å². The van der Waals surface area contributed by atoms with Crippen LogP contribution in [0.15, 0.2) is 47.4 Å². The Bertz CT molecular complexity index is 820. The topological polar surface area (TPSA) is 59.6 Å². The van der Waals surface area contributed by atoms with Gasteiger partial charge in [0.1, 0.15) is 0 Å². The molecule has 2 aromatic rings. The first kappa shape index (κ1) is 18.2. The first-order valence-electron chi connectivity index (χ1n) is 7.30. The summed E-state index contributed by atoms with van der Waals surface area (Å²) in [6.45, 7) is -0.205. The zero-order valence-electron chi connectivity index (χ0n) is 13.0. The van der Waals surface area contributed by atoms with Crippen molar-refractivity contribution in [1.82, 2.24) is 0 Å².